The Kier molecular flexibility index (Phi) is 13.2. The van der Waals surface area contributed by atoms with Gasteiger partial charge in [0.25, 0.3) is 0 Å². The number of esters is 1. The standard InChI is InChI=1S/C27H40O5.C2H6/c1-6-27(7-2,23-11-12-25(20(4)16-23)32-18-24(29)17-28)22-10-8-21(14-19(3)15-22)9-13-26(30)31-5;1-2/h8,10-12,15-16,19,21,24,28-29H,6-7,9,13-14,17-18H2,1-5H3;1-2H3. The van der Waals surface area contributed by atoms with E-state index >= 15 is 0 Å². The molecule has 0 saturated heterocycles. The maximum Gasteiger partial charge on any atom is 0.305 e. The quantitative estimate of drug-likeness (QED) is 0.390. The number of benzene rings is 1. The number of aryl methyl sites for hydroxylation is 1. The highest BCUT2D eigenvalue weighted by atomic mass is 16.5. The van der Waals surface area contributed by atoms with Gasteiger partial charge in [-0.05, 0) is 67.2 Å². The van der Waals surface area contributed by atoms with Crippen LogP contribution in [0.4, 0.5) is 0 Å². The van der Waals surface area contributed by atoms with Crippen molar-refractivity contribution in [3.63, 3.8) is 0 Å². The summed E-state index contributed by atoms with van der Waals surface area (Å²) in [5.41, 5.74) is 3.50. The molecule has 2 rings (SSSR count). The van der Waals surface area contributed by atoms with E-state index in [0.717, 1.165) is 37.0 Å². The molecule has 5 heteroatoms. The monoisotopic (exact) mass is 474 g/mol. The Morgan fingerprint density at radius 1 is 1.24 bits per heavy atom. The van der Waals surface area contributed by atoms with Crippen molar-refractivity contribution in [2.24, 2.45) is 11.8 Å². The summed E-state index contributed by atoms with van der Waals surface area (Å²) in [5, 5.41) is 18.6. The normalized spacial score (nSPS) is 18.8. The number of rotatable bonds is 11. The highest BCUT2D eigenvalue weighted by Crippen LogP contribution is 2.43. The molecular weight excluding hydrogens is 428 g/mol. The minimum Gasteiger partial charge on any atom is -0.491 e. The van der Waals surface area contributed by atoms with Crippen LogP contribution in [0.2, 0.25) is 0 Å². The van der Waals surface area contributed by atoms with Crippen LogP contribution in [0.25, 0.3) is 0 Å². The molecule has 1 aliphatic rings. The van der Waals surface area contributed by atoms with E-state index in [1.165, 1.54) is 18.2 Å². The lowest BCUT2D eigenvalue weighted by Crippen LogP contribution is -2.27. The number of allylic oxidation sites excluding steroid dienone is 4. The summed E-state index contributed by atoms with van der Waals surface area (Å²) in [6.45, 7) is 12.5. The molecule has 192 valence electrons. The van der Waals surface area contributed by atoms with Crippen molar-refractivity contribution in [2.75, 3.05) is 20.3 Å². The molecular formula is C29H46O5. The Bertz CT molecular complexity index is 807. The van der Waals surface area contributed by atoms with Crippen LogP contribution < -0.4 is 4.74 Å². The Hall–Kier alpha value is -2.11. The van der Waals surface area contributed by atoms with E-state index in [0.29, 0.717) is 18.3 Å². The van der Waals surface area contributed by atoms with Crippen LogP contribution >= 0.6 is 0 Å². The highest BCUT2D eigenvalue weighted by molar-refractivity contribution is 5.69. The van der Waals surface area contributed by atoms with Crippen molar-refractivity contribution in [1.82, 2.24) is 0 Å². The molecule has 0 amide bonds. The lowest BCUT2D eigenvalue weighted by Gasteiger charge is -2.35. The zero-order chi connectivity index (χ0) is 25.7. The van der Waals surface area contributed by atoms with E-state index in [2.05, 4.69) is 51.1 Å². The van der Waals surface area contributed by atoms with Crippen molar-refractivity contribution < 1.29 is 24.5 Å². The molecule has 0 aliphatic heterocycles. The van der Waals surface area contributed by atoms with Gasteiger partial charge in [-0.1, -0.05) is 65.0 Å². The zero-order valence-electron chi connectivity index (χ0n) is 22.3. The Morgan fingerprint density at radius 2 is 1.91 bits per heavy atom. The van der Waals surface area contributed by atoms with Crippen molar-refractivity contribution in [2.45, 2.75) is 85.2 Å². The summed E-state index contributed by atoms with van der Waals surface area (Å²) in [5.74, 6) is 1.36. The van der Waals surface area contributed by atoms with Crippen molar-refractivity contribution in [3.05, 3.63) is 53.1 Å². The number of ether oxygens (including phenoxy) is 2. The first-order valence-corrected chi connectivity index (χ1v) is 12.8. The molecule has 0 fully saturated rings. The van der Waals surface area contributed by atoms with Crippen LogP contribution in [0, 0.1) is 18.8 Å². The average molecular weight is 475 g/mol. The van der Waals surface area contributed by atoms with E-state index < -0.39 is 6.10 Å². The maximum atomic E-state index is 11.6. The predicted octanol–water partition coefficient (Wildman–Crippen LogP) is 5.90. The van der Waals surface area contributed by atoms with E-state index in [1.807, 2.05) is 26.8 Å². The molecule has 1 aromatic rings. The lowest BCUT2D eigenvalue weighted by molar-refractivity contribution is -0.140. The second kappa shape index (κ2) is 15.0. The van der Waals surface area contributed by atoms with Crippen molar-refractivity contribution in [3.8, 4) is 5.75 Å². The summed E-state index contributed by atoms with van der Waals surface area (Å²) < 4.78 is 10.5. The summed E-state index contributed by atoms with van der Waals surface area (Å²) in [6.07, 6.45) is 10.3. The number of hydrogen-bond acceptors (Lipinski definition) is 5. The van der Waals surface area contributed by atoms with Gasteiger partial charge in [-0.3, -0.25) is 4.79 Å². The lowest BCUT2D eigenvalue weighted by atomic mass is 9.69. The third-order valence-electron chi connectivity index (χ3n) is 6.76. The molecule has 1 aliphatic carbocycles. The zero-order valence-corrected chi connectivity index (χ0v) is 22.3. The van der Waals surface area contributed by atoms with E-state index in [4.69, 9.17) is 14.6 Å². The first-order valence-electron chi connectivity index (χ1n) is 12.8. The van der Waals surface area contributed by atoms with Gasteiger partial charge in [0.15, 0.2) is 0 Å². The van der Waals surface area contributed by atoms with Crippen LogP contribution in [-0.4, -0.2) is 42.6 Å². The van der Waals surface area contributed by atoms with Crippen LogP contribution in [0.15, 0.2) is 42.0 Å². The Morgan fingerprint density at radius 3 is 2.47 bits per heavy atom. The average Bonchev–Trinajstić information content (AvgIpc) is 3.05. The van der Waals surface area contributed by atoms with Gasteiger partial charge in [0, 0.05) is 11.8 Å². The van der Waals surface area contributed by atoms with Crippen LogP contribution in [-0.2, 0) is 14.9 Å². The maximum absolute atomic E-state index is 11.6. The van der Waals surface area contributed by atoms with Gasteiger partial charge in [-0.15, -0.1) is 0 Å². The van der Waals surface area contributed by atoms with Gasteiger partial charge < -0.3 is 19.7 Å². The Balaban J connectivity index is 0.00000281. The molecule has 0 aromatic heterocycles. The molecule has 3 atom stereocenters. The number of carbonyl (C=O) groups excluding carboxylic acids is 1. The first kappa shape index (κ1) is 29.9. The summed E-state index contributed by atoms with van der Waals surface area (Å²) >= 11 is 0. The third-order valence-corrected chi connectivity index (χ3v) is 6.76. The van der Waals surface area contributed by atoms with E-state index in [9.17, 15) is 9.90 Å². The molecule has 0 saturated carbocycles. The minimum absolute atomic E-state index is 0.0712. The molecule has 0 spiro atoms. The third kappa shape index (κ3) is 7.99. The van der Waals surface area contributed by atoms with Gasteiger partial charge in [0.1, 0.15) is 18.5 Å². The topological polar surface area (TPSA) is 76.0 Å². The molecule has 0 bridgehead atoms. The number of hydrogen-bond donors (Lipinski definition) is 2. The predicted molar refractivity (Wildman–Crippen MR) is 139 cm³/mol. The van der Waals surface area contributed by atoms with Crippen molar-refractivity contribution in [1.29, 1.82) is 0 Å². The number of methoxy groups -OCH3 is 1. The largest absolute Gasteiger partial charge is 0.491 e. The molecule has 2 N–H and O–H groups in total. The summed E-state index contributed by atoms with van der Waals surface area (Å²) in [7, 11) is 1.44. The molecule has 1 aromatic carbocycles. The van der Waals surface area contributed by atoms with Crippen molar-refractivity contribution >= 4 is 5.97 Å². The van der Waals surface area contributed by atoms with Gasteiger partial charge in [-0.2, -0.15) is 0 Å². The van der Waals surface area contributed by atoms with Gasteiger partial charge in [0.05, 0.1) is 13.7 Å². The number of carbonyl (C=O) groups is 1. The fourth-order valence-corrected chi connectivity index (χ4v) is 4.75. The fraction of sp³-hybridized carbons (Fsp3) is 0.621. The smallest absolute Gasteiger partial charge is 0.305 e. The molecule has 34 heavy (non-hydrogen) atoms. The fourth-order valence-electron chi connectivity index (χ4n) is 4.75. The Labute approximate surface area is 206 Å². The summed E-state index contributed by atoms with van der Waals surface area (Å²) in [4.78, 5) is 11.6. The first-order chi connectivity index (χ1) is 16.3. The van der Waals surface area contributed by atoms with Gasteiger partial charge in [0.2, 0.25) is 0 Å². The van der Waals surface area contributed by atoms with Crippen LogP contribution in [0.3, 0.4) is 0 Å². The van der Waals surface area contributed by atoms with Gasteiger partial charge >= 0.3 is 5.97 Å². The molecule has 5 nitrogen and oxygen atoms in total. The highest BCUT2D eigenvalue weighted by Gasteiger charge is 2.33. The number of aliphatic hydroxyl groups is 2. The second-order valence-electron chi connectivity index (χ2n) is 8.99. The minimum atomic E-state index is -0.880. The SMILES string of the molecule is CC.CCC(CC)(C1=CC(C)CC(CCC(=O)OC)C=C1)c1ccc(OCC(O)CO)c(C)c1. The number of aliphatic hydroxyl groups excluding tert-OH is 2. The molecule has 0 heterocycles. The van der Waals surface area contributed by atoms with Crippen LogP contribution in [0.1, 0.15) is 77.8 Å². The van der Waals surface area contributed by atoms with E-state index in [-0.39, 0.29) is 24.6 Å². The van der Waals surface area contributed by atoms with Gasteiger partial charge in [-0.25, -0.2) is 0 Å². The second-order valence-corrected chi connectivity index (χ2v) is 8.99. The molecule has 3 unspecified atom stereocenters. The summed E-state index contributed by atoms with van der Waals surface area (Å²) in [6, 6.07) is 6.28. The van der Waals surface area contributed by atoms with E-state index in [1.54, 1.807) is 0 Å². The van der Waals surface area contributed by atoms with Crippen LogP contribution in [0.5, 0.6) is 5.75 Å². The molecule has 0 radical (unpaired) electrons.